The number of benzene rings is 2. The Balaban J connectivity index is 2.47. The minimum absolute atomic E-state index is 0.0438. The number of nitrogens with zero attached hydrogens (tertiary/aromatic N) is 3. The van der Waals surface area contributed by atoms with Crippen molar-refractivity contribution in [3.63, 3.8) is 0 Å². The van der Waals surface area contributed by atoms with Gasteiger partial charge in [0.25, 0.3) is 0 Å². The van der Waals surface area contributed by atoms with Crippen LogP contribution in [0.1, 0.15) is 58.9 Å². The zero-order valence-electron chi connectivity index (χ0n) is 21.6. The van der Waals surface area contributed by atoms with E-state index in [9.17, 15) is 19.5 Å². The quantitative estimate of drug-likeness (QED) is 0.345. The van der Waals surface area contributed by atoms with Crippen LogP contribution >= 0.6 is 0 Å². The Labute approximate surface area is 208 Å². The minimum atomic E-state index is -1.11. The fourth-order valence-electron chi connectivity index (χ4n) is 3.85. The number of carboxylic acids is 1. The van der Waals surface area contributed by atoms with Gasteiger partial charge in [-0.05, 0) is 75.8 Å². The van der Waals surface area contributed by atoms with E-state index in [-0.39, 0.29) is 17.9 Å². The average Bonchev–Trinajstić information content (AvgIpc) is 2.81. The maximum Gasteiger partial charge on any atom is 0.338 e. The Morgan fingerprint density at radius 3 is 2.14 bits per heavy atom. The van der Waals surface area contributed by atoms with Crippen LogP contribution in [0.4, 0.5) is 17.1 Å². The summed E-state index contributed by atoms with van der Waals surface area (Å²) in [6.07, 6.45) is 2.52. The van der Waals surface area contributed by atoms with E-state index >= 15 is 0 Å². The Morgan fingerprint density at radius 2 is 1.60 bits per heavy atom. The molecule has 2 aromatic rings. The van der Waals surface area contributed by atoms with Crippen molar-refractivity contribution < 1.29 is 24.2 Å². The summed E-state index contributed by atoms with van der Waals surface area (Å²) >= 11 is 0. The summed E-state index contributed by atoms with van der Waals surface area (Å²) in [6, 6.07) is 9.80. The highest BCUT2D eigenvalue weighted by atomic mass is 16.5. The molecule has 2 aromatic carbocycles. The summed E-state index contributed by atoms with van der Waals surface area (Å²) in [4.78, 5) is 43.3. The second-order valence-corrected chi connectivity index (χ2v) is 8.98. The molecular formula is C27H37N3O5. The molecule has 190 valence electrons. The van der Waals surface area contributed by atoms with Crippen LogP contribution in [0, 0.1) is 6.92 Å². The summed E-state index contributed by atoms with van der Waals surface area (Å²) in [5.74, 6) is -1.75. The van der Waals surface area contributed by atoms with Crippen LogP contribution < -0.4 is 9.80 Å². The lowest BCUT2D eigenvalue weighted by molar-refractivity contribution is -0.118. The fourth-order valence-corrected chi connectivity index (χ4v) is 3.85. The highest BCUT2D eigenvalue weighted by molar-refractivity contribution is 6.08. The van der Waals surface area contributed by atoms with Gasteiger partial charge in [0, 0.05) is 38.4 Å². The summed E-state index contributed by atoms with van der Waals surface area (Å²) in [5.41, 5.74) is 2.75. The number of carbonyl (C=O) groups excluding carboxylic acids is 2. The lowest BCUT2D eigenvalue weighted by atomic mass is 10.0. The van der Waals surface area contributed by atoms with Gasteiger partial charge in [-0.2, -0.15) is 0 Å². The Hall–Kier alpha value is -3.39. The number of amides is 1. The number of anilines is 3. The van der Waals surface area contributed by atoms with Crippen molar-refractivity contribution >= 4 is 34.9 Å². The fraction of sp³-hybridized carbons (Fsp3) is 0.444. The van der Waals surface area contributed by atoms with Crippen molar-refractivity contribution in [2.75, 3.05) is 51.1 Å². The first-order valence-electron chi connectivity index (χ1n) is 11.9. The third-order valence-electron chi connectivity index (χ3n) is 5.68. The molecule has 2 rings (SSSR count). The van der Waals surface area contributed by atoms with E-state index in [1.54, 1.807) is 30.3 Å². The van der Waals surface area contributed by atoms with E-state index in [0.29, 0.717) is 35.5 Å². The summed E-state index contributed by atoms with van der Waals surface area (Å²) in [5, 5.41) is 9.91. The molecule has 0 saturated heterocycles. The maximum absolute atomic E-state index is 13.4. The second kappa shape index (κ2) is 12.9. The van der Waals surface area contributed by atoms with Crippen LogP contribution in [-0.2, 0) is 9.53 Å². The lowest BCUT2D eigenvalue weighted by Crippen LogP contribution is -2.29. The molecule has 1 N–H and O–H groups in total. The van der Waals surface area contributed by atoms with Crippen molar-refractivity contribution in [2.24, 2.45) is 0 Å². The predicted octanol–water partition coefficient (Wildman–Crippen LogP) is 4.72. The molecule has 35 heavy (non-hydrogen) atoms. The third kappa shape index (κ3) is 7.29. The second-order valence-electron chi connectivity index (χ2n) is 8.98. The molecule has 0 saturated carbocycles. The van der Waals surface area contributed by atoms with Gasteiger partial charge in [0.15, 0.2) is 0 Å². The normalized spacial score (nSPS) is 10.8. The van der Waals surface area contributed by atoms with E-state index in [1.807, 2.05) is 51.8 Å². The SMILES string of the molecule is CCCCC(=O)N(c1ccc(C(=O)OCCCN(C)C)cc1)c1c(C(=O)O)ccc(N(C)C)c1C. The van der Waals surface area contributed by atoms with E-state index in [2.05, 4.69) is 0 Å². The first-order valence-corrected chi connectivity index (χ1v) is 11.9. The first kappa shape index (κ1) is 27.9. The number of hydrogen-bond donors (Lipinski definition) is 1. The topological polar surface area (TPSA) is 90.4 Å². The average molecular weight is 484 g/mol. The number of unbranched alkanes of at least 4 members (excludes halogenated alkanes) is 1. The highest BCUT2D eigenvalue weighted by Gasteiger charge is 2.27. The number of carbonyl (C=O) groups is 3. The van der Waals surface area contributed by atoms with Crippen molar-refractivity contribution in [1.29, 1.82) is 0 Å². The maximum atomic E-state index is 13.4. The minimum Gasteiger partial charge on any atom is -0.478 e. The zero-order valence-corrected chi connectivity index (χ0v) is 21.6. The smallest absolute Gasteiger partial charge is 0.338 e. The van der Waals surface area contributed by atoms with E-state index in [1.165, 1.54) is 11.0 Å². The van der Waals surface area contributed by atoms with Crippen LogP contribution in [0.5, 0.6) is 0 Å². The lowest BCUT2D eigenvalue weighted by Gasteiger charge is -2.29. The van der Waals surface area contributed by atoms with Gasteiger partial charge in [-0.25, -0.2) is 9.59 Å². The van der Waals surface area contributed by atoms with Crippen LogP contribution in [0.15, 0.2) is 36.4 Å². The van der Waals surface area contributed by atoms with Crippen LogP contribution in [0.3, 0.4) is 0 Å². The number of aromatic carboxylic acids is 1. The molecule has 0 heterocycles. The van der Waals surface area contributed by atoms with Crippen LogP contribution in [0.2, 0.25) is 0 Å². The first-order chi connectivity index (χ1) is 16.6. The van der Waals surface area contributed by atoms with E-state index in [4.69, 9.17) is 4.74 Å². The van der Waals surface area contributed by atoms with Gasteiger partial charge in [-0.1, -0.05) is 13.3 Å². The van der Waals surface area contributed by atoms with Gasteiger partial charge in [0.1, 0.15) is 0 Å². The molecular weight excluding hydrogens is 446 g/mol. The molecule has 0 fully saturated rings. The van der Waals surface area contributed by atoms with Gasteiger partial charge in [0.05, 0.1) is 23.4 Å². The molecule has 1 amide bonds. The van der Waals surface area contributed by atoms with Gasteiger partial charge in [0.2, 0.25) is 5.91 Å². The molecule has 0 atom stereocenters. The van der Waals surface area contributed by atoms with Crippen LogP contribution in [-0.4, -0.2) is 69.2 Å². The summed E-state index contributed by atoms with van der Waals surface area (Å²) in [6.45, 7) is 4.95. The molecule has 0 aromatic heterocycles. The molecule has 0 unspecified atom stereocenters. The van der Waals surface area contributed by atoms with Gasteiger partial charge in [-0.3, -0.25) is 9.69 Å². The van der Waals surface area contributed by atoms with Crippen molar-refractivity contribution in [3.8, 4) is 0 Å². The number of ether oxygens (including phenoxy) is 1. The van der Waals surface area contributed by atoms with Crippen molar-refractivity contribution in [1.82, 2.24) is 4.90 Å². The number of rotatable bonds is 12. The van der Waals surface area contributed by atoms with Gasteiger partial charge >= 0.3 is 11.9 Å². The Bertz CT molecular complexity index is 1030. The summed E-state index contributed by atoms with van der Waals surface area (Å²) < 4.78 is 5.35. The standard InChI is InChI=1S/C27H37N3O5/c1-7-8-10-24(31)30(25-19(2)23(29(5)6)16-15-22(25)26(32)33)21-13-11-20(12-14-21)27(34)35-18-9-17-28(3)4/h11-16H,7-10,17-18H2,1-6H3,(H,32,33). The van der Waals surface area contributed by atoms with Crippen molar-refractivity contribution in [3.05, 3.63) is 53.1 Å². The number of carboxylic acid groups (broad SMARTS) is 1. The van der Waals surface area contributed by atoms with Crippen LogP contribution in [0.25, 0.3) is 0 Å². The predicted molar refractivity (Wildman–Crippen MR) is 139 cm³/mol. The molecule has 0 spiro atoms. The van der Waals surface area contributed by atoms with Gasteiger partial charge < -0.3 is 19.6 Å². The zero-order chi connectivity index (χ0) is 26.1. The van der Waals surface area contributed by atoms with Crippen molar-refractivity contribution in [2.45, 2.75) is 39.5 Å². The third-order valence-corrected chi connectivity index (χ3v) is 5.68. The summed E-state index contributed by atoms with van der Waals surface area (Å²) in [7, 11) is 7.66. The van der Waals surface area contributed by atoms with E-state index < -0.39 is 11.9 Å². The highest BCUT2D eigenvalue weighted by Crippen LogP contribution is 2.37. The van der Waals surface area contributed by atoms with Gasteiger partial charge in [-0.15, -0.1) is 0 Å². The molecule has 8 nitrogen and oxygen atoms in total. The molecule has 0 aliphatic rings. The number of hydrogen-bond acceptors (Lipinski definition) is 6. The largest absolute Gasteiger partial charge is 0.478 e. The molecule has 0 aliphatic heterocycles. The molecule has 8 heteroatoms. The van der Waals surface area contributed by atoms with E-state index in [0.717, 1.165) is 25.1 Å². The number of esters is 1. The Kier molecular flexibility index (Phi) is 10.3. The molecule has 0 radical (unpaired) electrons. The monoisotopic (exact) mass is 483 g/mol. The Morgan fingerprint density at radius 1 is 0.943 bits per heavy atom. The molecule has 0 aliphatic carbocycles. The molecule has 0 bridgehead atoms.